The van der Waals surface area contributed by atoms with Crippen molar-refractivity contribution in [1.29, 1.82) is 0 Å². The second kappa shape index (κ2) is 3.85. The minimum atomic E-state index is 0.753. The fourth-order valence-corrected chi connectivity index (χ4v) is 0.775. The fourth-order valence-electron chi connectivity index (χ4n) is 0.775. The van der Waals surface area contributed by atoms with Crippen molar-refractivity contribution >= 4 is 12.2 Å². The third kappa shape index (κ3) is 2.70. The molecule has 1 rings (SSSR count). The lowest BCUT2D eigenvalue weighted by Gasteiger charge is -2.01. The molecule has 1 aromatic rings. The molecule has 0 radical (unpaired) electrons. The van der Waals surface area contributed by atoms with Gasteiger partial charge in [-0.15, -0.1) is 0 Å². The monoisotopic (exact) mass is 163 g/mol. The Balaban J connectivity index is 2.76. The van der Waals surface area contributed by atoms with Gasteiger partial charge in [0.1, 0.15) is 0 Å². The van der Waals surface area contributed by atoms with E-state index in [1.165, 1.54) is 0 Å². The highest BCUT2D eigenvalue weighted by Gasteiger charge is 1.88. The summed E-state index contributed by atoms with van der Waals surface area (Å²) in [6, 6.07) is 5.78. The Hall–Kier alpha value is -1.38. The minimum Gasteiger partial charge on any atom is -0.369 e. The van der Waals surface area contributed by atoms with E-state index in [9.17, 15) is 0 Å². The maximum absolute atomic E-state index is 4.22. The molecule has 0 saturated carbocycles. The van der Waals surface area contributed by atoms with Gasteiger partial charge in [0.25, 0.3) is 0 Å². The van der Waals surface area contributed by atoms with Crippen LogP contribution < -0.4 is 0 Å². The van der Waals surface area contributed by atoms with Crippen molar-refractivity contribution in [3.63, 3.8) is 0 Å². The number of hydrogen-bond donors (Lipinski definition) is 0. The molecule has 0 saturated heterocycles. The SMILES string of the molecule is Cc1cccc(/N=C/N(C)C)n1. The van der Waals surface area contributed by atoms with Crippen LogP contribution in [0.3, 0.4) is 0 Å². The molecule has 3 heteroatoms. The van der Waals surface area contributed by atoms with Gasteiger partial charge in [-0.1, -0.05) is 6.07 Å². The van der Waals surface area contributed by atoms with Crippen molar-refractivity contribution < 1.29 is 0 Å². The summed E-state index contributed by atoms with van der Waals surface area (Å²) in [4.78, 5) is 10.3. The number of nitrogens with zero attached hydrogens (tertiary/aromatic N) is 3. The summed E-state index contributed by atoms with van der Waals surface area (Å²) in [7, 11) is 3.86. The molecule has 0 bridgehead atoms. The molecule has 0 aliphatic carbocycles. The molecule has 12 heavy (non-hydrogen) atoms. The van der Waals surface area contributed by atoms with Crippen LogP contribution in [0.2, 0.25) is 0 Å². The second-order valence-corrected chi connectivity index (χ2v) is 2.85. The van der Waals surface area contributed by atoms with Crippen LogP contribution in [0.1, 0.15) is 5.69 Å². The second-order valence-electron chi connectivity index (χ2n) is 2.85. The molecule has 0 fully saturated rings. The number of rotatable bonds is 2. The number of aryl methyl sites for hydroxylation is 1. The van der Waals surface area contributed by atoms with Crippen molar-refractivity contribution in [3.8, 4) is 0 Å². The summed E-state index contributed by atoms with van der Waals surface area (Å²) in [6.45, 7) is 1.95. The highest BCUT2D eigenvalue weighted by Crippen LogP contribution is 2.06. The topological polar surface area (TPSA) is 28.5 Å². The van der Waals surface area contributed by atoms with E-state index in [1.807, 2.05) is 44.1 Å². The van der Waals surface area contributed by atoms with Crippen LogP contribution in [-0.4, -0.2) is 30.3 Å². The van der Waals surface area contributed by atoms with E-state index < -0.39 is 0 Å². The zero-order valence-electron chi connectivity index (χ0n) is 7.65. The van der Waals surface area contributed by atoms with Gasteiger partial charge in [0.2, 0.25) is 0 Å². The Morgan fingerprint density at radius 2 is 2.17 bits per heavy atom. The number of hydrogen-bond acceptors (Lipinski definition) is 2. The predicted octanol–water partition coefficient (Wildman–Crippen LogP) is 1.61. The normalized spacial score (nSPS) is 10.6. The fraction of sp³-hybridized carbons (Fsp3) is 0.333. The van der Waals surface area contributed by atoms with Crippen molar-refractivity contribution in [3.05, 3.63) is 23.9 Å². The van der Waals surface area contributed by atoms with Crippen LogP contribution >= 0.6 is 0 Å². The van der Waals surface area contributed by atoms with Gasteiger partial charge >= 0.3 is 0 Å². The Morgan fingerprint density at radius 1 is 1.42 bits per heavy atom. The first kappa shape index (κ1) is 8.71. The first-order chi connectivity index (χ1) is 5.68. The van der Waals surface area contributed by atoms with Gasteiger partial charge in [0.05, 0.1) is 6.34 Å². The Bertz CT molecular complexity index is 279. The molecule has 0 N–H and O–H groups in total. The number of aliphatic imine (C=N–C) groups is 1. The van der Waals surface area contributed by atoms with Crippen LogP contribution in [0.5, 0.6) is 0 Å². The predicted molar refractivity (Wildman–Crippen MR) is 50.8 cm³/mol. The summed E-state index contributed by atoms with van der Waals surface area (Å²) >= 11 is 0. The average molecular weight is 163 g/mol. The number of pyridine rings is 1. The summed E-state index contributed by atoms with van der Waals surface area (Å²) in [5.74, 6) is 0.753. The molecular formula is C9H13N3. The molecule has 0 unspecified atom stereocenters. The molecule has 0 amide bonds. The third-order valence-corrected chi connectivity index (χ3v) is 1.29. The maximum atomic E-state index is 4.22. The van der Waals surface area contributed by atoms with Gasteiger partial charge in [-0.25, -0.2) is 9.98 Å². The Labute approximate surface area is 72.8 Å². The largest absolute Gasteiger partial charge is 0.369 e. The van der Waals surface area contributed by atoms with Crippen LogP contribution in [0.25, 0.3) is 0 Å². The van der Waals surface area contributed by atoms with Crippen molar-refractivity contribution in [2.75, 3.05) is 14.1 Å². The van der Waals surface area contributed by atoms with Crippen molar-refractivity contribution in [2.45, 2.75) is 6.92 Å². The van der Waals surface area contributed by atoms with Gasteiger partial charge in [0.15, 0.2) is 5.82 Å². The first-order valence-corrected chi connectivity index (χ1v) is 3.83. The van der Waals surface area contributed by atoms with E-state index in [2.05, 4.69) is 9.98 Å². The number of aromatic nitrogens is 1. The van der Waals surface area contributed by atoms with Crippen LogP contribution in [-0.2, 0) is 0 Å². The molecular weight excluding hydrogens is 150 g/mol. The third-order valence-electron chi connectivity index (χ3n) is 1.29. The molecule has 64 valence electrons. The molecule has 3 nitrogen and oxygen atoms in total. The lowest BCUT2D eigenvalue weighted by atomic mass is 10.4. The molecule has 0 aliphatic rings. The van der Waals surface area contributed by atoms with E-state index in [1.54, 1.807) is 6.34 Å². The van der Waals surface area contributed by atoms with E-state index in [0.717, 1.165) is 11.5 Å². The van der Waals surface area contributed by atoms with Gasteiger partial charge in [-0.05, 0) is 19.1 Å². The van der Waals surface area contributed by atoms with Gasteiger partial charge in [-0.3, -0.25) is 0 Å². The lowest BCUT2D eigenvalue weighted by molar-refractivity contribution is 0.643. The first-order valence-electron chi connectivity index (χ1n) is 3.83. The lowest BCUT2D eigenvalue weighted by Crippen LogP contribution is -2.07. The highest BCUT2D eigenvalue weighted by atomic mass is 15.1. The van der Waals surface area contributed by atoms with Gasteiger partial charge in [-0.2, -0.15) is 0 Å². The summed E-state index contributed by atoms with van der Waals surface area (Å²) in [6.07, 6.45) is 1.74. The quantitative estimate of drug-likeness (QED) is 0.489. The summed E-state index contributed by atoms with van der Waals surface area (Å²) in [5.41, 5.74) is 0.989. The van der Waals surface area contributed by atoms with Crippen LogP contribution in [0.4, 0.5) is 5.82 Å². The standard InChI is InChI=1S/C9H13N3/c1-8-5-4-6-9(11-8)10-7-12(2)3/h4-7H,1-3H3/b10-7+. The summed E-state index contributed by atoms with van der Waals surface area (Å²) in [5, 5.41) is 0. The maximum Gasteiger partial charge on any atom is 0.153 e. The van der Waals surface area contributed by atoms with Gasteiger partial charge < -0.3 is 4.90 Å². The zero-order valence-corrected chi connectivity index (χ0v) is 7.65. The molecule has 1 heterocycles. The van der Waals surface area contributed by atoms with E-state index in [-0.39, 0.29) is 0 Å². The molecule has 1 aromatic heterocycles. The van der Waals surface area contributed by atoms with Crippen LogP contribution in [0, 0.1) is 6.92 Å². The zero-order chi connectivity index (χ0) is 8.97. The Kier molecular flexibility index (Phi) is 2.80. The minimum absolute atomic E-state index is 0.753. The highest BCUT2D eigenvalue weighted by molar-refractivity contribution is 5.58. The van der Waals surface area contributed by atoms with E-state index in [4.69, 9.17) is 0 Å². The van der Waals surface area contributed by atoms with Gasteiger partial charge in [0, 0.05) is 19.8 Å². The Morgan fingerprint density at radius 3 is 2.75 bits per heavy atom. The van der Waals surface area contributed by atoms with E-state index in [0.29, 0.717) is 0 Å². The summed E-state index contributed by atoms with van der Waals surface area (Å²) < 4.78 is 0. The molecule has 0 aliphatic heterocycles. The molecule has 0 aromatic carbocycles. The average Bonchev–Trinajstić information content (AvgIpc) is 2.01. The molecule has 0 atom stereocenters. The van der Waals surface area contributed by atoms with Crippen LogP contribution in [0.15, 0.2) is 23.2 Å². The van der Waals surface area contributed by atoms with Crippen molar-refractivity contribution in [2.24, 2.45) is 4.99 Å². The van der Waals surface area contributed by atoms with Crippen molar-refractivity contribution in [1.82, 2.24) is 9.88 Å². The molecule has 0 spiro atoms. The van der Waals surface area contributed by atoms with E-state index >= 15 is 0 Å². The smallest absolute Gasteiger partial charge is 0.153 e.